The second kappa shape index (κ2) is 7.27. The molecule has 0 amide bonds. The predicted octanol–water partition coefficient (Wildman–Crippen LogP) is 2.29. The minimum Gasteiger partial charge on any atom is -0.497 e. The van der Waals surface area contributed by atoms with E-state index in [2.05, 4.69) is 4.90 Å². The van der Waals surface area contributed by atoms with Crippen molar-refractivity contribution in [1.82, 2.24) is 4.90 Å². The van der Waals surface area contributed by atoms with Gasteiger partial charge >= 0.3 is 0 Å². The summed E-state index contributed by atoms with van der Waals surface area (Å²) in [5.74, 6) is 0.834. The number of ether oxygens (including phenoxy) is 2. The first-order valence-electron chi connectivity index (χ1n) is 6.97. The first kappa shape index (κ1) is 15.6. The molecule has 2 rings (SSSR count). The number of nitrogens with two attached hydrogens (primary N) is 1. The predicted molar refractivity (Wildman–Crippen MR) is 81.3 cm³/mol. The lowest BCUT2D eigenvalue weighted by molar-refractivity contribution is 0.0102. The van der Waals surface area contributed by atoms with Gasteiger partial charge in [0.05, 0.1) is 13.2 Å². The SMILES string of the molecule is COc1ccc(Cl)c(CN2CCC(OC)CC2CN)c1. The Morgan fingerprint density at radius 2 is 2.20 bits per heavy atom. The molecule has 1 heterocycles. The summed E-state index contributed by atoms with van der Waals surface area (Å²) in [6.45, 7) is 2.42. The van der Waals surface area contributed by atoms with Crippen molar-refractivity contribution >= 4 is 11.6 Å². The quantitative estimate of drug-likeness (QED) is 0.906. The average molecular weight is 299 g/mol. The number of methoxy groups -OCH3 is 2. The number of rotatable bonds is 5. The molecule has 1 aliphatic heterocycles. The smallest absolute Gasteiger partial charge is 0.119 e. The summed E-state index contributed by atoms with van der Waals surface area (Å²) >= 11 is 6.28. The molecule has 1 saturated heterocycles. The van der Waals surface area contributed by atoms with E-state index in [1.54, 1.807) is 14.2 Å². The fraction of sp³-hybridized carbons (Fsp3) is 0.600. The summed E-state index contributed by atoms with van der Waals surface area (Å²) in [5.41, 5.74) is 6.99. The van der Waals surface area contributed by atoms with Gasteiger partial charge in [-0.1, -0.05) is 11.6 Å². The van der Waals surface area contributed by atoms with Gasteiger partial charge in [0.15, 0.2) is 0 Å². The van der Waals surface area contributed by atoms with Crippen LogP contribution >= 0.6 is 11.6 Å². The van der Waals surface area contributed by atoms with Gasteiger partial charge in [-0.05, 0) is 36.6 Å². The van der Waals surface area contributed by atoms with Crippen LogP contribution in [0.1, 0.15) is 18.4 Å². The molecule has 0 aliphatic carbocycles. The third kappa shape index (κ3) is 3.64. The second-order valence-corrected chi connectivity index (χ2v) is 5.61. The van der Waals surface area contributed by atoms with E-state index in [0.717, 1.165) is 42.3 Å². The fourth-order valence-electron chi connectivity index (χ4n) is 2.75. The molecule has 2 atom stereocenters. The Labute approximate surface area is 125 Å². The summed E-state index contributed by atoms with van der Waals surface area (Å²) in [4.78, 5) is 2.39. The van der Waals surface area contributed by atoms with Crippen molar-refractivity contribution in [2.75, 3.05) is 27.3 Å². The molecule has 0 bridgehead atoms. The van der Waals surface area contributed by atoms with Crippen molar-refractivity contribution in [1.29, 1.82) is 0 Å². The van der Waals surface area contributed by atoms with E-state index < -0.39 is 0 Å². The molecule has 4 nitrogen and oxygen atoms in total. The third-order valence-corrected chi connectivity index (χ3v) is 4.39. The maximum atomic E-state index is 6.28. The van der Waals surface area contributed by atoms with Crippen LogP contribution in [-0.4, -0.2) is 44.4 Å². The summed E-state index contributed by atoms with van der Waals surface area (Å²) in [6.07, 6.45) is 2.34. The van der Waals surface area contributed by atoms with Gasteiger partial charge in [-0.25, -0.2) is 0 Å². The minimum atomic E-state index is 0.320. The number of piperidine rings is 1. The van der Waals surface area contributed by atoms with E-state index in [9.17, 15) is 0 Å². The number of halogens is 1. The van der Waals surface area contributed by atoms with Crippen molar-refractivity contribution in [2.24, 2.45) is 5.73 Å². The number of hydrogen-bond donors (Lipinski definition) is 1. The summed E-state index contributed by atoms with van der Waals surface area (Å²) < 4.78 is 10.7. The van der Waals surface area contributed by atoms with E-state index in [1.165, 1.54) is 0 Å². The maximum absolute atomic E-state index is 6.28. The van der Waals surface area contributed by atoms with Gasteiger partial charge in [0, 0.05) is 37.8 Å². The molecular formula is C15H23ClN2O2. The van der Waals surface area contributed by atoms with Crippen LogP contribution in [0.25, 0.3) is 0 Å². The molecule has 1 aliphatic rings. The lowest BCUT2D eigenvalue weighted by Crippen LogP contribution is -2.48. The Balaban J connectivity index is 2.08. The minimum absolute atomic E-state index is 0.320. The number of hydrogen-bond acceptors (Lipinski definition) is 4. The Morgan fingerprint density at radius 1 is 1.40 bits per heavy atom. The van der Waals surface area contributed by atoms with E-state index >= 15 is 0 Å². The highest BCUT2D eigenvalue weighted by atomic mass is 35.5. The van der Waals surface area contributed by atoms with Crippen molar-refractivity contribution in [3.05, 3.63) is 28.8 Å². The topological polar surface area (TPSA) is 47.7 Å². The zero-order valence-electron chi connectivity index (χ0n) is 12.1. The lowest BCUT2D eigenvalue weighted by atomic mass is 9.98. The molecule has 1 fully saturated rings. The van der Waals surface area contributed by atoms with Crippen molar-refractivity contribution in [2.45, 2.75) is 31.5 Å². The van der Waals surface area contributed by atoms with Crippen LogP contribution in [0.15, 0.2) is 18.2 Å². The lowest BCUT2D eigenvalue weighted by Gasteiger charge is -2.38. The van der Waals surface area contributed by atoms with Crippen LogP contribution in [0.4, 0.5) is 0 Å². The first-order valence-corrected chi connectivity index (χ1v) is 7.35. The molecule has 0 aromatic heterocycles. The van der Waals surface area contributed by atoms with Gasteiger partial charge < -0.3 is 15.2 Å². The van der Waals surface area contributed by atoms with Gasteiger partial charge in [-0.15, -0.1) is 0 Å². The zero-order chi connectivity index (χ0) is 14.5. The molecule has 5 heteroatoms. The largest absolute Gasteiger partial charge is 0.497 e. The molecule has 20 heavy (non-hydrogen) atoms. The fourth-order valence-corrected chi connectivity index (χ4v) is 2.93. The zero-order valence-corrected chi connectivity index (χ0v) is 12.9. The standard InChI is InChI=1S/C15H23ClN2O2/c1-19-13-3-4-15(16)11(7-13)10-18-6-5-14(20-2)8-12(18)9-17/h3-4,7,12,14H,5-6,8-10,17H2,1-2H3. The van der Waals surface area contributed by atoms with Crippen molar-refractivity contribution in [3.63, 3.8) is 0 Å². The molecule has 2 N–H and O–H groups in total. The van der Waals surface area contributed by atoms with Gasteiger partial charge in [-0.2, -0.15) is 0 Å². The highest BCUT2D eigenvalue weighted by Crippen LogP contribution is 2.27. The van der Waals surface area contributed by atoms with E-state index in [4.69, 9.17) is 26.8 Å². The first-order chi connectivity index (χ1) is 9.67. The molecular weight excluding hydrogens is 276 g/mol. The number of likely N-dealkylation sites (tertiary alicyclic amines) is 1. The summed E-state index contributed by atoms with van der Waals surface area (Å²) in [7, 11) is 3.44. The van der Waals surface area contributed by atoms with Crippen molar-refractivity contribution < 1.29 is 9.47 Å². The summed E-state index contributed by atoms with van der Waals surface area (Å²) in [5, 5.41) is 0.774. The normalized spacial score (nSPS) is 23.8. The summed E-state index contributed by atoms with van der Waals surface area (Å²) in [6, 6.07) is 6.10. The van der Waals surface area contributed by atoms with Gasteiger partial charge in [0.25, 0.3) is 0 Å². The monoisotopic (exact) mass is 298 g/mol. The van der Waals surface area contributed by atoms with Gasteiger partial charge in [0.1, 0.15) is 5.75 Å². The van der Waals surface area contributed by atoms with E-state index in [1.807, 2.05) is 18.2 Å². The molecule has 0 spiro atoms. The third-order valence-electron chi connectivity index (χ3n) is 4.02. The van der Waals surface area contributed by atoms with Gasteiger partial charge in [-0.3, -0.25) is 4.90 Å². The Bertz CT molecular complexity index is 442. The van der Waals surface area contributed by atoms with Crippen LogP contribution < -0.4 is 10.5 Å². The maximum Gasteiger partial charge on any atom is 0.119 e. The number of benzene rings is 1. The van der Waals surface area contributed by atoms with Gasteiger partial charge in [0.2, 0.25) is 0 Å². The highest BCUT2D eigenvalue weighted by molar-refractivity contribution is 6.31. The van der Waals surface area contributed by atoms with Crippen LogP contribution in [-0.2, 0) is 11.3 Å². The Kier molecular flexibility index (Phi) is 5.66. The van der Waals surface area contributed by atoms with Crippen LogP contribution in [0, 0.1) is 0 Å². The molecule has 1 aromatic carbocycles. The highest BCUT2D eigenvalue weighted by Gasteiger charge is 2.27. The molecule has 1 aromatic rings. The molecule has 0 saturated carbocycles. The molecule has 112 valence electrons. The van der Waals surface area contributed by atoms with Crippen LogP contribution in [0.3, 0.4) is 0 Å². The van der Waals surface area contributed by atoms with E-state index in [0.29, 0.717) is 18.7 Å². The Morgan fingerprint density at radius 3 is 2.85 bits per heavy atom. The number of nitrogens with zero attached hydrogens (tertiary/aromatic N) is 1. The molecule has 0 radical (unpaired) electrons. The van der Waals surface area contributed by atoms with Crippen LogP contribution in [0.2, 0.25) is 5.02 Å². The Hall–Kier alpha value is -0.810. The van der Waals surface area contributed by atoms with Crippen LogP contribution in [0.5, 0.6) is 5.75 Å². The second-order valence-electron chi connectivity index (χ2n) is 5.20. The average Bonchev–Trinajstić information content (AvgIpc) is 2.49. The molecule has 2 unspecified atom stereocenters. The van der Waals surface area contributed by atoms with Crippen molar-refractivity contribution in [3.8, 4) is 5.75 Å². The van der Waals surface area contributed by atoms with E-state index in [-0.39, 0.29) is 0 Å².